The minimum absolute atomic E-state index is 0.155. The van der Waals surface area contributed by atoms with Crippen molar-refractivity contribution in [2.24, 2.45) is 0 Å². The van der Waals surface area contributed by atoms with Gasteiger partial charge in [-0.05, 0) is 99.3 Å². The summed E-state index contributed by atoms with van der Waals surface area (Å²) in [5, 5.41) is 9.78. The number of fused-ring (bicyclic) bond motifs is 10. The van der Waals surface area contributed by atoms with E-state index >= 15 is 0 Å². The summed E-state index contributed by atoms with van der Waals surface area (Å²) < 4.78 is 5.88. The summed E-state index contributed by atoms with van der Waals surface area (Å²) >= 11 is 1.79. The van der Waals surface area contributed by atoms with Crippen molar-refractivity contribution in [1.29, 1.82) is 0 Å². The Bertz CT molecular complexity index is 3790. The number of benzene rings is 8. The fourth-order valence-corrected chi connectivity index (χ4v) is 11.0. The summed E-state index contributed by atoms with van der Waals surface area (Å²) in [6.07, 6.45) is 9.74. The average Bonchev–Trinajstić information content (AvgIpc) is 4.01. The molecule has 12 aromatic rings. The number of thiophene rings is 1. The molecule has 1 atom stereocenters. The van der Waals surface area contributed by atoms with E-state index < -0.39 is 0 Å². The van der Waals surface area contributed by atoms with Crippen molar-refractivity contribution in [3.63, 3.8) is 0 Å². The molecule has 0 spiro atoms. The van der Waals surface area contributed by atoms with Crippen molar-refractivity contribution in [3.05, 3.63) is 206 Å². The van der Waals surface area contributed by atoms with Gasteiger partial charge in [-0.3, -0.25) is 4.57 Å². The highest BCUT2D eigenvalue weighted by atomic mass is 32.1. The first-order valence-electron chi connectivity index (χ1n) is 20.9. The number of nitrogens with zero attached hydrogens (tertiary/aromatic N) is 4. The van der Waals surface area contributed by atoms with E-state index in [0.717, 1.165) is 39.1 Å². The second-order valence-corrected chi connectivity index (χ2v) is 17.1. The average molecular weight is 797 g/mol. The highest BCUT2D eigenvalue weighted by Gasteiger charge is 2.25. The van der Waals surface area contributed by atoms with Crippen molar-refractivity contribution in [2.75, 3.05) is 0 Å². The van der Waals surface area contributed by atoms with Crippen LogP contribution in [0.5, 0.6) is 0 Å². The SMILES string of the molecule is C1=CCC(c2nc(-n3c4cccc(-c5ccc6c(c5)c5cc7ccccc7cc5n6-c5ccccc5)c4c4c5ccccc5ccc43)nc3cc(-c4ccccc4)sc23)C=C1. The van der Waals surface area contributed by atoms with Gasteiger partial charge in [0.05, 0.1) is 38.0 Å². The van der Waals surface area contributed by atoms with Crippen LogP contribution in [0.3, 0.4) is 0 Å². The summed E-state index contributed by atoms with van der Waals surface area (Å²) in [4.78, 5) is 12.2. The van der Waals surface area contributed by atoms with E-state index in [4.69, 9.17) is 9.97 Å². The molecule has 286 valence electrons. The molecule has 0 amide bonds. The summed E-state index contributed by atoms with van der Waals surface area (Å²) in [7, 11) is 0. The van der Waals surface area contributed by atoms with Crippen LogP contribution in [0.2, 0.25) is 0 Å². The van der Waals surface area contributed by atoms with Crippen molar-refractivity contribution in [3.8, 4) is 33.2 Å². The maximum absolute atomic E-state index is 5.56. The van der Waals surface area contributed by atoms with Crippen molar-refractivity contribution >= 4 is 86.7 Å². The molecule has 5 heteroatoms. The molecule has 4 heterocycles. The zero-order valence-corrected chi connectivity index (χ0v) is 33.9. The minimum atomic E-state index is 0.155. The van der Waals surface area contributed by atoms with Crippen LogP contribution in [0, 0.1) is 0 Å². The van der Waals surface area contributed by atoms with Crippen molar-refractivity contribution in [2.45, 2.75) is 12.3 Å². The monoisotopic (exact) mass is 796 g/mol. The summed E-state index contributed by atoms with van der Waals surface area (Å²) in [6, 6.07) is 64.1. The van der Waals surface area contributed by atoms with Crippen LogP contribution in [-0.4, -0.2) is 19.1 Å². The van der Waals surface area contributed by atoms with Crippen LogP contribution in [0.4, 0.5) is 0 Å². The zero-order chi connectivity index (χ0) is 40.0. The molecule has 4 aromatic heterocycles. The highest BCUT2D eigenvalue weighted by molar-refractivity contribution is 7.22. The predicted molar refractivity (Wildman–Crippen MR) is 258 cm³/mol. The molecule has 1 aliphatic carbocycles. The molecule has 0 fully saturated rings. The van der Waals surface area contributed by atoms with Gasteiger partial charge < -0.3 is 4.57 Å². The topological polar surface area (TPSA) is 35.6 Å². The second-order valence-electron chi connectivity index (χ2n) is 16.1. The quantitative estimate of drug-likeness (QED) is 0.174. The van der Waals surface area contributed by atoms with Crippen LogP contribution in [0.1, 0.15) is 18.0 Å². The molecule has 1 unspecified atom stereocenters. The largest absolute Gasteiger partial charge is 0.309 e. The first-order chi connectivity index (χ1) is 30.2. The maximum Gasteiger partial charge on any atom is 0.235 e. The highest BCUT2D eigenvalue weighted by Crippen LogP contribution is 2.45. The molecule has 8 aromatic carbocycles. The molecular formula is C56H36N4S. The molecule has 0 bridgehead atoms. The Morgan fingerprint density at radius 1 is 0.492 bits per heavy atom. The van der Waals surface area contributed by atoms with Crippen LogP contribution < -0.4 is 0 Å². The molecule has 13 rings (SSSR count). The third-order valence-electron chi connectivity index (χ3n) is 12.6. The number of aromatic nitrogens is 4. The third kappa shape index (κ3) is 5.30. The van der Waals surface area contributed by atoms with Gasteiger partial charge in [0.15, 0.2) is 0 Å². The lowest BCUT2D eigenvalue weighted by Crippen LogP contribution is -2.07. The van der Waals surface area contributed by atoms with Gasteiger partial charge in [0, 0.05) is 38.0 Å². The molecule has 0 aliphatic heterocycles. The Morgan fingerprint density at radius 3 is 2.07 bits per heavy atom. The van der Waals surface area contributed by atoms with Crippen molar-refractivity contribution < 1.29 is 0 Å². The predicted octanol–water partition coefficient (Wildman–Crippen LogP) is 15.1. The van der Waals surface area contributed by atoms with Crippen molar-refractivity contribution in [1.82, 2.24) is 19.1 Å². The summed E-state index contributed by atoms with van der Waals surface area (Å²) in [5.74, 6) is 0.853. The smallest absolute Gasteiger partial charge is 0.235 e. The number of rotatable bonds is 5. The van der Waals surface area contributed by atoms with Crippen LogP contribution in [-0.2, 0) is 0 Å². The third-order valence-corrected chi connectivity index (χ3v) is 13.8. The Morgan fingerprint density at radius 2 is 1.23 bits per heavy atom. The van der Waals surface area contributed by atoms with Gasteiger partial charge in [-0.2, -0.15) is 0 Å². The minimum Gasteiger partial charge on any atom is -0.309 e. The molecule has 1 aliphatic rings. The van der Waals surface area contributed by atoms with Crippen LogP contribution >= 0.6 is 11.3 Å². The fraction of sp³-hybridized carbons (Fsp3) is 0.0357. The first-order valence-corrected chi connectivity index (χ1v) is 21.8. The number of para-hydroxylation sites is 1. The van der Waals surface area contributed by atoms with Gasteiger partial charge in [-0.25, -0.2) is 9.97 Å². The molecular weight excluding hydrogens is 761 g/mol. The fourth-order valence-electron chi connectivity index (χ4n) is 9.83. The lowest BCUT2D eigenvalue weighted by atomic mass is 9.95. The zero-order valence-electron chi connectivity index (χ0n) is 33.0. The molecule has 0 saturated heterocycles. The molecule has 0 N–H and O–H groups in total. The van der Waals surface area contributed by atoms with Gasteiger partial charge in [0.25, 0.3) is 0 Å². The van der Waals surface area contributed by atoms with E-state index in [0.29, 0.717) is 5.95 Å². The Labute approximate surface area is 355 Å². The summed E-state index contributed by atoms with van der Waals surface area (Å²) in [5.41, 5.74) is 11.3. The van der Waals surface area contributed by atoms with Gasteiger partial charge in [0.1, 0.15) is 0 Å². The first kappa shape index (κ1) is 34.3. The van der Waals surface area contributed by atoms with Gasteiger partial charge >= 0.3 is 0 Å². The van der Waals surface area contributed by atoms with Crippen LogP contribution in [0.15, 0.2) is 200 Å². The molecule has 0 saturated carbocycles. The van der Waals surface area contributed by atoms with Crippen LogP contribution in [0.25, 0.3) is 109 Å². The molecule has 4 nitrogen and oxygen atoms in total. The Balaban J connectivity index is 1.10. The van der Waals surface area contributed by atoms with Gasteiger partial charge in [0.2, 0.25) is 5.95 Å². The van der Waals surface area contributed by atoms with E-state index in [9.17, 15) is 0 Å². The van der Waals surface area contributed by atoms with E-state index in [1.807, 2.05) is 0 Å². The normalized spacial score (nSPS) is 14.2. The van der Waals surface area contributed by atoms with Gasteiger partial charge in [-0.15, -0.1) is 11.3 Å². The van der Waals surface area contributed by atoms with E-state index in [2.05, 4.69) is 209 Å². The van der Waals surface area contributed by atoms with Gasteiger partial charge in [-0.1, -0.05) is 146 Å². The standard InChI is InChI=1S/C56H36N4S/c1-4-16-36(17-5-1)51-34-46-55(61-51)54(37-18-6-2-7-19-37)58-56(57-46)60-48-26-14-25-43(53(48)52-42-24-13-12-15-35(42)27-30-49(52)60)40-28-29-47-44(32-40)45-31-38-20-10-11-21-39(38)33-50(45)59(47)41-22-8-3-9-23-41/h1-18,20-34,37H,19H2. The Kier molecular flexibility index (Phi) is 7.57. The Hall–Kier alpha value is -7.60. The lowest BCUT2D eigenvalue weighted by Gasteiger charge is -2.15. The van der Waals surface area contributed by atoms with E-state index in [1.54, 1.807) is 11.3 Å². The van der Waals surface area contributed by atoms with E-state index in [-0.39, 0.29) is 5.92 Å². The summed E-state index contributed by atoms with van der Waals surface area (Å²) in [6.45, 7) is 0. The molecule has 0 radical (unpaired) electrons. The number of allylic oxidation sites excluding steroid dienone is 4. The maximum atomic E-state index is 5.56. The lowest BCUT2D eigenvalue weighted by molar-refractivity contribution is 0.812. The van der Waals surface area contributed by atoms with E-state index in [1.165, 1.54) is 75.7 Å². The number of hydrogen-bond donors (Lipinski definition) is 0. The molecule has 61 heavy (non-hydrogen) atoms. The number of hydrogen-bond acceptors (Lipinski definition) is 3. The second kappa shape index (κ2) is 13.5.